The molecular weight excluding hydrogens is 520 g/mol. The first-order valence-electron chi connectivity index (χ1n) is 14.6. The molecule has 7 rings (SSSR count). The number of ketones is 1. The molecule has 3 saturated carbocycles. The lowest BCUT2D eigenvalue weighted by molar-refractivity contribution is -0.450. The van der Waals surface area contributed by atoms with Gasteiger partial charge in [0.1, 0.15) is 24.9 Å². The van der Waals surface area contributed by atoms with E-state index in [-0.39, 0.29) is 30.3 Å². The summed E-state index contributed by atoms with van der Waals surface area (Å²) in [5.74, 6) is -3.84. The Kier molecular flexibility index (Phi) is 5.91. The Morgan fingerprint density at radius 1 is 1.12 bits per heavy atom. The number of carbonyl (C=O) groups excluding carboxylic acids is 2. The van der Waals surface area contributed by atoms with Crippen LogP contribution in [0, 0.1) is 28.6 Å². The van der Waals surface area contributed by atoms with E-state index in [0.29, 0.717) is 38.5 Å². The molecule has 40 heavy (non-hydrogen) atoms. The molecule has 0 amide bonds. The minimum atomic E-state index is -1.79. The summed E-state index contributed by atoms with van der Waals surface area (Å²) in [7, 11) is 1.53. The number of fused-ring (bicyclic) bond motifs is 7. The van der Waals surface area contributed by atoms with Crippen molar-refractivity contribution in [1.82, 2.24) is 0 Å². The molecule has 5 fully saturated rings. The predicted molar refractivity (Wildman–Crippen MR) is 137 cm³/mol. The molecule has 0 spiro atoms. The first-order chi connectivity index (χ1) is 18.9. The summed E-state index contributed by atoms with van der Waals surface area (Å²) in [6.07, 6.45) is 2.44. The molecule has 220 valence electrons. The zero-order chi connectivity index (χ0) is 28.4. The van der Waals surface area contributed by atoms with Gasteiger partial charge >= 0.3 is 5.97 Å². The number of esters is 1. The maximum atomic E-state index is 14.2. The van der Waals surface area contributed by atoms with Gasteiger partial charge in [0.25, 0.3) is 0 Å². The van der Waals surface area contributed by atoms with Crippen molar-refractivity contribution in [2.45, 2.75) is 107 Å². The minimum Gasteiger partial charge on any atom is -0.458 e. The van der Waals surface area contributed by atoms with Gasteiger partial charge in [-0.3, -0.25) is 4.79 Å². The predicted octanol–water partition coefficient (Wildman–Crippen LogP) is 1.55. The number of aliphatic hydroxyl groups is 3. The Labute approximate surface area is 233 Å². The summed E-state index contributed by atoms with van der Waals surface area (Å²) in [6.45, 7) is 5.83. The molecule has 13 unspecified atom stereocenters. The Balaban J connectivity index is 1.24. The quantitative estimate of drug-likeness (QED) is 0.336. The van der Waals surface area contributed by atoms with E-state index in [2.05, 4.69) is 0 Å². The van der Waals surface area contributed by atoms with Crippen LogP contribution in [0.1, 0.15) is 59.3 Å². The number of cyclic esters (lactones) is 1. The molecule has 0 aromatic carbocycles. The van der Waals surface area contributed by atoms with Gasteiger partial charge in [-0.15, -0.1) is 0 Å². The van der Waals surface area contributed by atoms with Crippen LogP contribution in [0.15, 0.2) is 23.3 Å². The molecule has 0 aromatic heterocycles. The van der Waals surface area contributed by atoms with Crippen LogP contribution in [-0.4, -0.2) is 89.0 Å². The van der Waals surface area contributed by atoms with Crippen LogP contribution in [0.5, 0.6) is 0 Å². The van der Waals surface area contributed by atoms with Gasteiger partial charge in [-0.05, 0) is 68.8 Å². The smallest absolute Gasteiger partial charge is 0.331 e. The highest BCUT2D eigenvalue weighted by Gasteiger charge is 2.74. The molecule has 4 aliphatic carbocycles. The molecule has 13 atom stereocenters. The Morgan fingerprint density at radius 2 is 1.90 bits per heavy atom. The molecule has 10 nitrogen and oxygen atoms in total. The molecule has 0 bridgehead atoms. The number of allylic oxidation sites excluding steroid dienone is 1. The first kappa shape index (κ1) is 27.2. The zero-order valence-corrected chi connectivity index (χ0v) is 23.5. The van der Waals surface area contributed by atoms with Crippen LogP contribution < -0.4 is 0 Å². The van der Waals surface area contributed by atoms with Gasteiger partial charge < -0.3 is 39.0 Å². The van der Waals surface area contributed by atoms with Crippen molar-refractivity contribution in [3.8, 4) is 0 Å². The van der Waals surface area contributed by atoms with Crippen LogP contribution in [0.3, 0.4) is 0 Å². The van der Waals surface area contributed by atoms with Gasteiger partial charge in [0.2, 0.25) is 12.1 Å². The van der Waals surface area contributed by atoms with Gasteiger partial charge in [-0.2, -0.15) is 0 Å². The van der Waals surface area contributed by atoms with Gasteiger partial charge in [0, 0.05) is 25.5 Å². The van der Waals surface area contributed by atoms with E-state index < -0.39 is 64.8 Å². The van der Waals surface area contributed by atoms with Gasteiger partial charge in [0.05, 0.1) is 23.2 Å². The third kappa shape index (κ3) is 3.30. The number of aliphatic hydroxyl groups excluding tert-OH is 1. The van der Waals surface area contributed by atoms with Crippen LogP contribution in [-0.2, 0) is 33.3 Å². The monoisotopic (exact) mass is 560 g/mol. The second kappa shape index (κ2) is 8.69. The standard InChI is InChI=1S/C30H40O10/c1-14-9-21(36-4)30(35)26(38-14)39-19-11-16-5-6-18-23(27(16,2)12-20(19)40-30)24(32)25(33)28(3)17(7-8-29(18,28)34)15-10-22(31)37-13-15/h10-11,14,17-21,23-24,26,32,34-35H,5-9,12-13H2,1-4H3. The molecule has 3 aliphatic heterocycles. The second-order valence-electron chi connectivity index (χ2n) is 13.6. The van der Waals surface area contributed by atoms with Crippen molar-refractivity contribution in [3.63, 3.8) is 0 Å². The summed E-state index contributed by atoms with van der Waals surface area (Å²) >= 11 is 0. The highest BCUT2D eigenvalue weighted by Crippen LogP contribution is 2.68. The van der Waals surface area contributed by atoms with Crippen molar-refractivity contribution < 1.29 is 48.6 Å². The molecule has 7 aliphatic rings. The number of Topliss-reactive ketones (excluding diaryl/α,β-unsaturated/α-hetero) is 1. The minimum absolute atomic E-state index is 0.118. The fourth-order valence-corrected chi connectivity index (χ4v) is 9.84. The third-order valence-corrected chi connectivity index (χ3v) is 11.9. The Hall–Kier alpha value is -1.66. The average Bonchev–Trinajstić information content (AvgIpc) is 3.45. The fourth-order valence-electron chi connectivity index (χ4n) is 9.84. The van der Waals surface area contributed by atoms with E-state index in [1.165, 1.54) is 13.2 Å². The van der Waals surface area contributed by atoms with Gasteiger partial charge in [-0.25, -0.2) is 4.79 Å². The number of ether oxygens (including phenoxy) is 5. The number of methoxy groups -OCH3 is 1. The highest BCUT2D eigenvalue weighted by molar-refractivity contribution is 5.93. The van der Waals surface area contributed by atoms with Crippen LogP contribution in [0.4, 0.5) is 0 Å². The lowest BCUT2D eigenvalue weighted by Crippen LogP contribution is -2.72. The second-order valence-corrected chi connectivity index (χ2v) is 13.6. The number of rotatable bonds is 2. The van der Waals surface area contributed by atoms with E-state index in [1.54, 1.807) is 6.92 Å². The van der Waals surface area contributed by atoms with E-state index in [4.69, 9.17) is 23.7 Å². The maximum Gasteiger partial charge on any atom is 0.331 e. The summed E-state index contributed by atoms with van der Waals surface area (Å²) in [6, 6.07) is 0. The van der Waals surface area contributed by atoms with E-state index in [0.717, 1.165) is 11.1 Å². The zero-order valence-electron chi connectivity index (χ0n) is 23.5. The Bertz CT molecular complexity index is 1200. The topological polar surface area (TPSA) is 141 Å². The summed E-state index contributed by atoms with van der Waals surface area (Å²) in [5, 5.41) is 35.8. The van der Waals surface area contributed by atoms with E-state index >= 15 is 0 Å². The van der Waals surface area contributed by atoms with Crippen molar-refractivity contribution >= 4 is 11.8 Å². The van der Waals surface area contributed by atoms with Crippen molar-refractivity contribution in [1.29, 1.82) is 0 Å². The first-order valence-corrected chi connectivity index (χ1v) is 14.6. The summed E-state index contributed by atoms with van der Waals surface area (Å²) < 4.78 is 29.3. The molecule has 2 saturated heterocycles. The molecule has 3 N–H and O–H groups in total. The van der Waals surface area contributed by atoms with Crippen LogP contribution in [0.2, 0.25) is 0 Å². The average molecular weight is 561 g/mol. The van der Waals surface area contributed by atoms with Crippen molar-refractivity contribution in [2.24, 2.45) is 28.6 Å². The van der Waals surface area contributed by atoms with Crippen molar-refractivity contribution in [2.75, 3.05) is 13.7 Å². The number of carbonyl (C=O) groups is 2. The molecular formula is C30H40O10. The Morgan fingerprint density at radius 3 is 2.60 bits per heavy atom. The lowest BCUT2D eigenvalue weighted by Gasteiger charge is -2.63. The van der Waals surface area contributed by atoms with Gasteiger partial charge in [-0.1, -0.05) is 18.6 Å². The van der Waals surface area contributed by atoms with Crippen LogP contribution in [0.25, 0.3) is 0 Å². The largest absolute Gasteiger partial charge is 0.458 e. The fraction of sp³-hybridized carbons (Fsp3) is 0.800. The van der Waals surface area contributed by atoms with E-state index in [1.807, 2.05) is 19.9 Å². The number of hydrogen-bond acceptors (Lipinski definition) is 10. The maximum absolute atomic E-state index is 14.2. The molecule has 10 heteroatoms. The van der Waals surface area contributed by atoms with Crippen LogP contribution >= 0.6 is 0 Å². The SMILES string of the molecule is COC1CC(C)OC2OC3C=C4CCC5C(C(O)C(=O)C6(C)C(C7=CC(=O)OC7)CCC56O)C4(C)CC3OC12O. The third-order valence-electron chi connectivity index (χ3n) is 11.9. The van der Waals surface area contributed by atoms with E-state index in [9.17, 15) is 24.9 Å². The molecule has 3 heterocycles. The molecule has 0 radical (unpaired) electrons. The van der Waals surface area contributed by atoms with Gasteiger partial charge in [0.15, 0.2) is 5.78 Å². The lowest BCUT2D eigenvalue weighted by atomic mass is 9.43. The summed E-state index contributed by atoms with van der Waals surface area (Å²) in [4.78, 5) is 26.0. The number of hydrogen-bond donors (Lipinski definition) is 3. The van der Waals surface area contributed by atoms with Crippen molar-refractivity contribution in [3.05, 3.63) is 23.3 Å². The normalized spacial score (nSPS) is 55.2. The highest BCUT2D eigenvalue weighted by atomic mass is 16.8. The molecule has 0 aromatic rings. The summed E-state index contributed by atoms with van der Waals surface area (Å²) in [5.41, 5.74) is -1.44.